The molecule has 0 saturated carbocycles. The summed E-state index contributed by atoms with van der Waals surface area (Å²) < 4.78 is 2.94. The van der Waals surface area contributed by atoms with Gasteiger partial charge in [0.05, 0.1) is 11.2 Å². The SMILES string of the molecule is IC1CC=Cc2c1c1ccccc1n2-c1ccccc1. The van der Waals surface area contributed by atoms with Gasteiger partial charge in [-0.25, -0.2) is 0 Å². The summed E-state index contributed by atoms with van der Waals surface area (Å²) in [7, 11) is 0. The van der Waals surface area contributed by atoms with Crippen molar-refractivity contribution >= 4 is 39.6 Å². The lowest BCUT2D eigenvalue weighted by atomic mass is 10.0. The van der Waals surface area contributed by atoms with Gasteiger partial charge >= 0.3 is 0 Å². The topological polar surface area (TPSA) is 4.93 Å². The molecule has 0 N–H and O–H groups in total. The van der Waals surface area contributed by atoms with Gasteiger partial charge in [-0.15, -0.1) is 0 Å². The number of para-hydroxylation sites is 2. The van der Waals surface area contributed by atoms with E-state index >= 15 is 0 Å². The van der Waals surface area contributed by atoms with Crippen molar-refractivity contribution in [3.8, 4) is 5.69 Å². The van der Waals surface area contributed by atoms with Crippen LogP contribution in [0.3, 0.4) is 0 Å². The van der Waals surface area contributed by atoms with Gasteiger partial charge in [0.2, 0.25) is 0 Å². The molecule has 4 rings (SSSR count). The zero-order chi connectivity index (χ0) is 13.5. The van der Waals surface area contributed by atoms with Gasteiger partial charge in [-0.3, -0.25) is 0 Å². The number of fused-ring (bicyclic) bond motifs is 3. The quantitative estimate of drug-likeness (QED) is 0.392. The predicted octanol–water partition coefficient (Wildman–Crippen LogP) is 5.52. The summed E-state index contributed by atoms with van der Waals surface area (Å²) in [4.78, 5) is 0. The molecule has 20 heavy (non-hydrogen) atoms. The lowest BCUT2D eigenvalue weighted by Crippen LogP contribution is -2.01. The van der Waals surface area contributed by atoms with Crippen molar-refractivity contribution in [2.75, 3.05) is 0 Å². The first-order valence-corrected chi connectivity index (χ1v) is 8.10. The van der Waals surface area contributed by atoms with Crippen molar-refractivity contribution in [1.29, 1.82) is 0 Å². The van der Waals surface area contributed by atoms with E-state index in [0.29, 0.717) is 3.92 Å². The molecule has 0 fully saturated rings. The van der Waals surface area contributed by atoms with Gasteiger partial charge < -0.3 is 4.57 Å². The lowest BCUT2D eigenvalue weighted by Gasteiger charge is -2.15. The molecule has 2 aromatic carbocycles. The number of halogens is 1. The maximum Gasteiger partial charge on any atom is 0.0538 e. The van der Waals surface area contributed by atoms with E-state index in [1.54, 1.807) is 0 Å². The number of rotatable bonds is 1. The van der Waals surface area contributed by atoms with Crippen LogP contribution < -0.4 is 0 Å². The van der Waals surface area contributed by atoms with Crippen molar-refractivity contribution < 1.29 is 0 Å². The predicted molar refractivity (Wildman–Crippen MR) is 93.7 cm³/mol. The average molecular weight is 371 g/mol. The largest absolute Gasteiger partial charge is 0.310 e. The molecule has 0 bridgehead atoms. The van der Waals surface area contributed by atoms with Crippen molar-refractivity contribution in [2.24, 2.45) is 0 Å². The zero-order valence-electron chi connectivity index (χ0n) is 11.0. The van der Waals surface area contributed by atoms with E-state index < -0.39 is 0 Å². The highest BCUT2D eigenvalue weighted by Crippen LogP contribution is 2.42. The molecule has 3 aromatic rings. The first-order chi connectivity index (χ1) is 9.86. The third-order valence-corrected chi connectivity index (χ3v) is 5.03. The molecule has 0 aliphatic heterocycles. The average Bonchev–Trinajstić information content (AvgIpc) is 2.84. The van der Waals surface area contributed by atoms with Crippen molar-refractivity contribution in [3.05, 3.63) is 71.9 Å². The smallest absolute Gasteiger partial charge is 0.0538 e. The van der Waals surface area contributed by atoms with Gasteiger partial charge in [-0.05, 0) is 36.3 Å². The Bertz CT molecular complexity index is 799. The van der Waals surface area contributed by atoms with Crippen LogP contribution in [0.4, 0.5) is 0 Å². The van der Waals surface area contributed by atoms with E-state index in [2.05, 4.69) is 93.9 Å². The number of hydrogen-bond acceptors (Lipinski definition) is 0. The normalized spacial score (nSPS) is 17.4. The van der Waals surface area contributed by atoms with Gasteiger partial charge in [0.1, 0.15) is 0 Å². The summed E-state index contributed by atoms with van der Waals surface area (Å²) in [6.07, 6.45) is 5.69. The maximum absolute atomic E-state index is 2.56. The van der Waals surface area contributed by atoms with Crippen LogP contribution >= 0.6 is 22.6 Å². The van der Waals surface area contributed by atoms with E-state index in [1.807, 2.05) is 0 Å². The molecule has 0 spiro atoms. The third kappa shape index (κ3) is 1.74. The minimum absolute atomic E-state index is 0.558. The zero-order valence-corrected chi connectivity index (χ0v) is 13.1. The molecular weight excluding hydrogens is 357 g/mol. The molecule has 1 aliphatic carbocycles. The Hall–Kier alpha value is -1.55. The minimum Gasteiger partial charge on any atom is -0.310 e. The minimum atomic E-state index is 0.558. The molecule has 1 heterocycles. The summed E-state index contributed by atoms with van der Waals surface area (Å²) in [5, 5.41) is 1.38. The lowest BCUT2D eigenvalue weighted by molar-refractivity contribution is 0.973. The van der Waals surface area contributed by atoms with Gasteiger partial charge in [0, 0.05) is 15.0 Å². The van der Waals surface area contributed by atoms with Gasteiger partial charge in [0.25, 0.3) is 0 Å². The Morgan fingerprint density at radius 1 is 0.950 bits per heavy atom. The molecule has 0 saturated heterocycles. The molecular formula is C18H14IN. The van der Waals surface area contributed by atoms with Crippen molar-refractivity contribution in [1.82, 2.24) is 4.57 Å². The Balaban J connectivity index is 2.14. The number of allylic oxidation sites excluding steroid dienone is 1. The van der Waals surface area contributed by atoms with E-state index in [9.17, 15) is 0 Å². The number of benzene rings is 2. The first-order valence-electron chi connectivity index (χ1n) is 6.85. The highest BCUT2D eigenvalue weighted by Gasteiger charge is 2.23. The molecule has 2 heteroatoms. The van der Waals surface area contributed by atoms with Gasteiger partial charge in [0.15, 0.2) is 0 Å². The monoisotopic (exact) mass is 371 g/mol. The summed E-state index contributed by atoms with van der Waals surface area (Å²) >= 11 is 2.56. The van der Waals surface area contributed by atoms with Crippen molar-refractivity contribution in [2.45, 2.75) is 10.3 Å². The second kappa shape index (κ2) is 4.77. The standard InChI is InChI=1S/C18H14IN/c19-15-10-6-12-17-18(15)14-9-4-5-11-16(14)20(17)13-7-2-1-3-8-13/h1-9,11-12,15H,10H2. The van der Waals surface area contributed by atoms with Crippen molar-refractivity contribution in [3.63, 3.8) is 0 Å². The molecule has 0 radical (unpaired) electrons. The van der Waals surface area contributed by atoms with E-state index in [0.717, 1.165) is 6.42 Å². The Morgan fingerprint density at radius 2 is 1.70 bits per heavy atom. The Morgan fingerprint density at radius 3 is 2.55 bits per heavy atom. The second-order valence-electron chi connectivity index (χ2n) is 5.09. The van der Waals surface area contributed by atoms with Crippen LogP contribution in [0.2, 0.25) is 0 Å². The van der Waals surface area contributed by atoms with Crippen LogP contribution in [0.5, 0.6) is 0 Å². The van der Waals surface area contributed by atoms with Gasteiger partial charge in [-0.2, -0.15) is 0 Å². The summed E-state index contributed by atoms with van der Waals surface area (Å²) in [5.74, 6) is 0. The van der Waals surface area contributed by atoms with E-state index in [4.69, 9.17) is 0 Å². The van der Waals surface area contributed by atoms with Crippen LogP contribution in [0, 0.1) is 0 Å². The second-order valence-corrected chi connectivity index (χ2v) is 6.60. The fourth-order valence-corrected chi connectivity index (χ4v) is 4.00. The Labute approximate surface area is 132 Å². The summed E-state index contributed by atoms with van der Waals surface area (Å²) in [6, 6.07) is 19.4. The Kier molecular flexibility index (Phi) is 2.91. The number of hydrogen-bond donors (Lipinski definition) is 0. The van der Waals surface area contributed by atoms with E-state index in [-0.39, 0.29) is 0 Å². The van der Waals surface area contributed by atoms with Crippen LogP contribution in [-0.4, -0.2) is 4.57 Å². The van der Waals surface area contributed by atoms with Crippen LogP contribution in [0.15, 0.2) is 60.7 Å². The highest BCUT2D eigenvalue weighted by molar-refractivity contribution is 14.1. The first kappa shape index (κ1) is 12.2. The molecule has 98 valence electrons. The molecule has 1 unspecified atom stereocenters. The molecule has 1 nitrogen and oxygen atoms in total. The molecule has 1 aliphatic rings. The highest BCUT2D eigenvalue weighted by atomic mass is 127. The maximum atomic E-state index is 2.56. The summed E-state index contributed by atoms with van der Waals surface area (Å²) in [6.45, 7) is 0. The number of aromatic nitrogens is 1. The summed E-state index contributed by atoms with van der Waals surface area (Å²) in [5.41, 5.74) is 5.35. The molecule has 1 aromatic heterocycles. The fourth-order valence-electron chi connectivity index (χ4n) is 3.05. The van der Waals surface area contributed by atoms with Crippen LogP contribution in [0.25, 0.3) is 22.7 Å². The van der Waals surface area contributed by atoms with E-state index in [1.165, 1.54) is 27.8 Å². The third-order valence-electron chi connectivity index (χ3n) is 3.90. The number of alkyl halides is 1. The molecule has 0 amide bonds. The van der Waals surface area contributed by atoms with Gasteiger partial charge in [-0.1, -0.05) is 65.1 Å². The molecule has 1 atom stereocenters. The fraction of sp³-hybridized carbons (Fsp3) is 0.111. The van der Waals surface area contributed by atoms with Crippen LogP contribution in [-0.2, 0) is 0 Å². The van der Waals surface area contributed by atoms with Crippen LogP contribution in [0.1, 0.15) is 21.6 Å². The number of nitrogens with zero attached hydrogens (tertiary/aromatic N) is 1.